The van der Waals surface area contributed by atoms with Gasteiger partial charge >= 0.3 is 0 Å². The minimum Gasteiger partial charge on any atom is -0.489 e. The lowest BCUT2D eigenvalue weighted by Crippen LogP contribution is -1.97. The van der Waals surface area contributed by atoms with Crippen molar-refractivity contribution in [1.82, 2.24) is 0 Å². The second-order valence-electron chi connectivity index (χ2n) is 3.76. The largest absolute Gasteiger partial charge is 0.489 e. The van der Waals surface area contributed by atoms with Gasteiger partial charge in [0, 0.05) is 13.1 Å². The third-order valence-corrected chi connectivity index (χ3v) is 3.03. The zero-order valence-corrected chi connectivity index (χ0v) is 12.2. The molecular formula is C14H14INO2. The summed E-state index contributed by atoms with van der Waals surface area (Å²) in [6, 6.07) is 15.8. The van der Waals surface area contributed by atoms with E-state index in [1.54, 1.807) is 0 Å². The average molecular weight is 355 g/mol. The molecule has 0 bridgehead atoms. The van der Waals surface area contributed by atoms with E-state index < -0.39 is 0 Å². The summed E-state index contributed by atoms with van der Waals surface area (Å²) in [5.41, 5.74) is 2.06. The fourth-order valence-corrected chi connectivity index (χ4v) is 1.99. The molecule has 94 valence electrons. The molecule has 0 radical (unpaired) electrons. The lowest BCUT2D eigenvalue weighted by Gasteiger charge is -2.10. The number of halogens is 1. The first kappa shape index (κ1) is 13.0. The van der Waals surface area contributed by atoms with Crippen molar-refractivity contribution in [1.29, 1.82) is 0 Å². The van der Waals surface area contributed by atoms with Gasteiger partial charge in [0.05, 0.1) is 5.69 Å². The van der Waals surface area contributed by atoms with Crippen LogP contribution in [0.15, 0.2) is 48.5 Å². The molecule has 18 heavy (non-hydrogen) atoms. The van der Waals surface area contributed by atoms with Gasteiger partial charge in [0.2, 0.25) is 0 Å². The summed E-state index contributed by atoms with van der Waals surface area (Å²) < 4.78 is 10.9. The van der Waals surface area contributed by atoms with Crippen LogP contribution in [0.3, 0.4) is 0 Å². The third-order valence-electron chi connectivity index (χ3n) is 2.55. The standard InChI is InChI=1S/C14H14INO2/c1-16-13-9-12(7-8-14(13)18-15)17-10-11-5-3-2-4-6-11/h2-9,16H,10H2,1H3. The van der Waals surface area contributed by atoms with Gasteiger partial charge in [0.25, 0.3) is 0 Å². The third kappa shape index (κ3) is 3.29. The molecule has 2 rings (SSSR count). The topological polar surface area (TPSA) is 30.5 Å². The summed E-state index contributed by atoms with van der Waals surface area (Å²) in [4.78, 5) is 0. The lowest BCUT2D eigenvalue weighted by molar-refractivity contribution is 0.306. The Morgan fingerprint density at radius 1 is 1.11 bits per heavy atom. The zero-order valence-electron chi connectivity index (χ0n) is 10.0. The number of rotatable bonds is 5. The highest BCUT2D eigenvalue weighted by atomic mass is 127. The SMILES string of the molecule is CNc1cc(OCc2ccccc2)ccc1OI. The Kier molecular flexibility index (Phi) is 4.69. The molecule has 2 aromatic rings. The molecule has 2 aromatic carbocycles. The number of hydrogen-bond donors (Lipinski definition) is 1. The van der Waals surface area contributed by atoms with E-state index in [-0.39, 0.29) is 0 Å². The van der Waals surface area contributed by atoms with Gasteiger partial charge < -0.3 is 13.1 Å². The van der Waals surface area contributed by atoms with E-state index in [1.807, 2.05) is 78.6 Å². The van der Waals surface area contributed by atoms with E-state index >= 15 is 0 Å². The Morgan fingerprint density at radius 2 is 1.89 bits per heavy atom. The molecule has 0 spiro atoms. The molecule has 0 aliphatic carbocycles. The van der Waals surface area contributed by atoms with Crippen molar-refractivity contribution < 1.29 is 7.80 Å². The van der Waals surface area contributed by atoms with Crippen LogP contribution in [-0.2, 0) is 6.61 Å². The van der Waals surface area contributed by atoms with Crippen molar-refractivity contribution in [3.8, 4) is 11.5 Å². The summed E-state index contributed by atoms with van der Waals surface area (Å²) in [5, 5.41) is 3.08. The molecule has 0 atom stereocenters. The number of nitrogens with one attached hydrogen (secondary N) is 1. The summed E-state index contributed by atoms with van der Waals surface area (Å²) in [5.74, 6) is 1.62. The maximum Gasteiger partial charge on any atom is 0.192 e. The zero-order chi connectivity index (χ0) is 12.8. The van der Waals surface area contributed by atoms with Crippen LogP contribution in [0.5, 0.6) is 11.5 Å². The van der Waals surface area contributed by atoms with Crippen LogP contribution in [-0.4, -0.2) is 7.05 Å². The van der Waals surface area contributed by atoms with Crippen molar-refractivity contribution in [3.05, 3.63) is 54.1 Å². The van der Waals surface area contributed by atoms with Crippen LogP contribution in [0.25, 0.3) is 0 Å². The summed E-state index contributed by atoms with van der Waals surface area (Å²) >= 11 is 1.86. The van der Waals surface area contributed by atoms with Crippen LogP contribution in [0.1, 0.15) is 5.56 Å². The second kappa shape index (κ2) is 6.49. The van der Waals surface area contributed by atoms with Crippen molar-refractivity contribution in [3.63, 3.8) is 0 Å². The molecule has 4 heteroatoms. The molecule has 0 amide bonds. The molecule has 0 saturated carbocycles. The predicted molar refractivity (Wildman–Crippen MR) is 81.4 cm³/mol. The highest BCUT2D eigenvalue weighted by molar-refractivity contribution is 14.1. The fourth-order valence-electron chi connectivity index (χ4n) is 1.60. The van der Waals surface area contributed by atoms with E-state index in [9.17, 15) is 0 Å². The van der Waals surface area contributed by atoms with E-state index in [1.165, 1.54) is 0 Å². The first-order chi connectivity index (χ1) is 8.83. The lowest BCUT2D eigenvalue weighted by atomic mass is 10.2. The summed E-state index contributed by atoms with van der Waals surface area (Å²) in [6.07, 6.45) is 0. The highest BCUT2D eigenvalue weighted by Gasteiger charge is 2.04. The molecule has 0 unspecified atom stereocenters. The Hall–Kier alpha value is -1.43. The first-order valence-corrected chi connectivity index (χ1v) is 6.48. The molecule has 0 heterocycles. The van der Waals surface area contributed by atoms with E-state index in [0.29, 0.717) is 6.61 Å². The first-order valence-electron chi connectivity index (χ1n) is 5.60. The van der Waals surface area contributed by atoms with Crippen molar-refractivity contribution >= 4 is 28.7 Å². The molecule has 1 N–H and O–H groups in total. The van der Waals surface area contributed by atoms with E-state index in [0.717, 1.165) is 22.7 Å². The molecule has 0 aliphatic heterocycles. The molecule has 0 aliphatic rings. The maximum absolute atomic E-state index is 5.74. The van der Waals surface area contributed by atoms with Crippen LogP contribution in [0, 0.1) is 0 Å². The normalized spacial score (nSPS) is 9.89. The maximum atomic E-state index is 5.74. The van der Waals surface area contributed by atoms with Crippen LogP contribution in [0.4, 0.5) is 5.69 Å². The van der Waals surface area contributed by atoms with Gasteiger partial charge in [-0.05, 0) is 17.7 Å². The van der Waals surface area contributed by atoms with Gasteiger partial charge in [0.1, 0.15) is 12.4 Å². The minimum absolute atomic E-state index is 0.564. The van der Waals surface area contributed by atoms with E-state index in [2.05, 4.69) is 5.32 Å². The predicted octanol–water partition coefficient (Wildman–Crippen LogP) is 4.04. The van der Waals surface area contributed by atoms with Gasteiger partial charge in [-0.3, -0.25) is 0 Å². The van der Waals surface area contributed by atoms with Gasteiger partial charge in [0.15, 0.2) is 28.8 Å². The molecular weight excluding hydrogens is 341 g/mol. The number of anilines is 1. The van der Waals surface area contributed by atoms with E-state index in [4.69, 9.17) is 7.80 Å². The molecule has 0 aromatic heterocycles. The number of ether oxygens (including phenoxy) is 1. The highest BCUT2D eigenvalue weighted by Crippen LogP contribution is 2.30. The van der Waals surface area contributed by atoms with Gasteiger partial charge in [-0.1, -0.05) is 30.3 Å². The van der Waals surface area contributed by atoms with Crippen LogP contribution >= 0.6 is 23.0 Å². The Bertz CT molecular complexity index is 502. The van der Waals surface area contributed by atoms with Crippen LogP contribution in [0.2, 0.25) is 0 Å². The molecule has 3 nitrogen and oxygen atoms in total. The Balaban J connectivity index is 2.06. The van der Waals surface area contributed by atoms with Gasteiger partial charge in [-0.25, -0.2) is 0 Å². The van der Waals surface area contributed by atoms with Crippen molar-refractivity contribution in [2.75, 3.05) is 12.4 Å². The quantitative estimate of drug-likeness (QED) is 0.822. The van der Waals surface area contributed by atoms with Crippen LogP contribution < -0.4 is 13.1 Å². The summed E-state index contributed by atoms with van der Waals surface area (Å²) in [7, 11) is 1.86. The second-order valence-corrected chi connectivity index (χ2v) is 4.20. The number of benzene rings is 2. The van der Waals surface area contributed by atoms with Crippen molar-refractivity contribution in [2.24, 2.45) is 0 Å². The van der Waals surface area contributed by atoms with Crippen molar-refractivity contribution in [2.45, 2.75) is 6.61 Å². The minimum atomic E-state index is 0.564. The summed E-state index contributed by atoms with van der Waals surface area (Å²) in [6.45, 7) is 0.564. The smallest absolute Gasteiger partial charge is 0.192 e. The van der Waals surface area contributed by atoms with Gasteiger partial charge in [-0.15, -0.1) is 0 Å². The Labute approximate surface area is 121 Å². The fraction of sp³-hybridized carbons (Fsp3) is 0.143. The molecule has 0 saturated heterocycles. The number of hydrogen-bond acceptors (Lipinski definition) is 3. The monoisotopic (exact) mass is 355 g/mol. The Morgan fingerprint density at radius 3 is 2.56 bits per heavy atom. The van der Waals surface area contributed by atoms with Gasteiger partial charge in [-0.2, -0.15) is 0 Å². The average Bonchev–Trinajstić information content (AvgIpc) is 2.45. The molecule has 0 fully saturated rings.